The van der Waals surface area contributed by atoms with Gasteiger partial charge in [0.2, 0.25) is 10.0 Å². The molecule has 0 unspecified atom stereocenters. The van der Waals surface area contributed by atoms with Crippen LogP contribution in [-0.4, -0.2) is 54.3 Å². The number of aromatic nitrogens is 1. The third-order valence-electron chi connectivity index (χ3n) is 6.38. The summed E-state index contributed by atoms with van der Waals surface area (Å²) in [6, 6.07) is 4.66. The summed E-state index contributed by atoms with van der Waals surface area (Å²) in [5.74, 6) is 0.956. The van der Waals surface area contributed by atoms with Crippen molar-refractivity contribution < 1.29 is 8.42 Å². The molecule has 0 N–H and O–H groups in total. The fourth-order valence-corrected chi connectivity index (χ4v) is 6.89. The molecule has 3 aliphatic heterocycles. The van der Waals surface area contributed by atoms with E-state index in [1.54, 1.807) is 22.6 Å². The smallest absolute Gasteiger partial charge is 0.244 e. The molecule has 3 aliphatic rings. The van der Waals surface area contributed by atoms with Crippen LogP contribution < -0.4 is 0 Å². The van der Waals surface area contributed by atoms with E-state index >= 15 is 0 Å². The van der Waals surface area contributed by atoms with Crippen molar-refractivity contribution in [1.82, 2.24) is 14.2 Å². The van der Waals surface area contributed by atoms with Crippen molar-refractivity contribution in [3.63, 3.8) is 0 Å². The Balaban J connectivity index is 1.55. The van der Waals surface area contributed by atoms with Crippen LogP contribution in [0.5, 0.6) is 0 Å². The van der Waals surface area contributed by atoms with Gasteiger partial charge in [-0.2, -0.15) is 4.31 Å². The zero-order valence-corrected chi connectivity index (χ0v) is 15.9. The van der Waals surface area contributed by atoms with Gasteiger partial charge >= 0.3 is 0 Å². The number of fused-ring (bicyclic) bond motifs is 4. The van der Waals surface area contributed by atoms with E-state index in [1.807, 2.05) is 0 Å². The quantitative estimate of drug-likeness (QED) is 0.825. The summed E-state index contributed by atoms with van der Waals surface area (Å²) in [6.45, 7) is 4.69. The predicted molar refractivity (Wildman–Crippen MR) is 97.6 cm³/mol. The number of hydrogen-bond donors (Lipinski definition) is 0. The van der Waals surface area contributed by atoms with Gasteiger partial charge in [-0.3, -0.25) is 9.88 Å². The molecule has 6 heteroatoms. The summed E-state index contributed by atoms with van der Waals surface area (Å²) < 4.78 is 27.8. The Morgan fingerprint density at radius 1 is 1.24 bits per heavy atom. The zero-order valence-electron chi connectivity index (χ0n) is 15.0. The molecule has 5 nitrogen and oxygen atoms in total. The van der Waals surface area contributed by atoms with Crippen LogP contribution in [0.3, 0.4) is 0 Å². The molecular weight excluding hydrogens is 334 g/mol. The number of pyridine rings is 1. The topological polar surface area (TPSA) is 53.5 Å². The van der Waals surface area contributed by atoms with Gasteiger partial charge in [-0.15, -0.1) is 0 Å². The van der Waals surface area contributed by atoms with Crippen molar-refractivity contribution in [2.45, 2.75) is 62.4 Å². The molecule has 4 heterocycles. The number of sulfonamides is 1. The second-order valence-corrected chi connectivity index (χ2v) is 9.95. The minimum absolute atomic E-state index is 0.333. The summed E-state index contributed by atoms with van der Waals surface area (Å²) >= 11 is 0. The van der Waals surface area contributed by atoms with E-state index in [-0.39, 0.29) is 0 Å². The summed E-state index contributed by atoms with van der Waals surface area (Å²) in [7, 11) is -3.41. The van der Waals surface area contributed by atoms with E-state index in [2.05, 4.69) is 16.8 Å². The maximum atomic E-state index is 13.0. The number of piperidine rings is 3. The van der Waals surface area contributed by atoms with Gasteiger partial charge in [0.1, 0.15) is 4.90 Å². The second kappa shape index (κ2) is 6.97. The van der Waals surface area contributed by atoms with E-state index in [0.29, 0.717) is 35.9 Å². The van der Waals surface area contributed by atoms with Crippen LogP contribution in [0.15, 0.2) is 29.4 Å². The summed E-state index contributed by atoms with van der Waals surface area (Å²) in [6.07, 6.45) is 10.7. The van der Waals surface area contributed by atoms with E-state index in [1.165, 1.54) is 44.7 Å². The van der Waals surface area contributed by atoms with Crippen LogP contribution in [0.2, 0.25) is 0 Å². The summed E-state index contributed by atoms with van der Waals surface area (Å²) in [5.41, 5.74) is 0. The molecule has 138 valence electrons. The molecule has 4 atom stereocenters. The molecule has 1 aromatic rings. The largest absolute Gasteiger partial charge is 0.297 e. The van der Waals surface area contributed by atoms with Crippen molar-refractivity contribution in [2.24, 2.45) is 11.8 Å². The van der Waals surface area contributed by atoms with Crippen molar-refractivity contribution >= 4 is 10.0 Å². The van der Waals surface area contributed by atoms with E-state index in [9.17, 15) is 8.42 Å². The molecule has 3 fully saturated rings. The van der Waals surface area contributed by atoms with Crippen molar-refractivity contribution in [1.29, 1.82) is 0 Å². The van der Waals surface area contributed by atoms with E-state index in [0.717, 1.165) is 12.6 Å². The fraction of sp³-hybridized carbons (Fsp3) is 0.737. The standard InChI is InChI=1S/C19H29N3O2S/c1-2-5-17-6-3-8-19-16-10-15(13-22(17)19)12-21(14-16)25(23,24)18-7-4-9-20-11-18/h4,7,9,11,15-17,19H,2-3,5-6,8,10,12-14H2,1H3/t15-,16+,17-,19-/m0/s1. The molecular formula is C19H29N3O2S. The van der Waals surface area contributed by atoms with Crippen LogP contribution in [0.4, 0.5) is 0 Å². The van der Waals surface area contributed by atoms with Crippen LogP contribution >= 0.6 is 0 Å². The van der Waals surface area contributed by atoms with Gasteiger partial charge in [0.15, 0.2) is 0 Å². The molecule has 3 saturated heterocycles. The van der Waals surface area contributed by atoms with Gasteiger partial charge in [0.25, 0.3) is 0 Å². The molecule has 1 aromatic heterocycles. The van der Waals surface area contributed by atoms with Crippen molar-refractivity contribution in [3.8, 4) is 0 Å². The number of hydrogen-bond acceptors (Lipinski definition) is 4. The highest BCUT2D eigenvalue weighted by molar-refractivity contribution is 7.89. The van der Waals surface area contributed by atoms with Gasteiger partial charge in [0.05, 0.1) is 0 Å². The first kappa shape index (κ1) is 17.4. The minimum Gasteiger partial charge on any atom is -0.297 e. The third kappa shape index (κ3) is 3.24. The number of rotatable bonds is 4. The molecule has 0 spiro atoms. The third-order valence-corrected chi connectivity index (χ3v) is 8.19. The molecule has 0 radical (unpaired) electrons. The zero-order chi connectivity index (χ0) is 17.4. The minimum atomic E-state index is -3.41. The van der Waals surface area contributed by atoms with Crippen molar-refractivity contribution in [2.75, 3.05) is 19.6 Å². The Labute approximate surface area is 151 Å². The first-order valence-electron chi connectivity index (χ1n) is 9.75. The summed E-state index contributed by atoms with van der Waals surface area (Å²) in [5, 5.41) is 0. The summed E-state index contributed by atoms with van der Waals surface area (Å²) in [4.78, 5) is 7.08. The first-order chi connectivity index (χ1) is 12.1. The van der Waals surface area contributed by atoms with Crippen LogP contribution in [-0.2, 0) is 10.0 Å². The Hall–Kier alpha value is -0.980. The van der Waals surface area contributed by atoms with Gasteiger partial charge in [-0.05, 0) is 49.7 Å². The monoisotopic (exact) mass is 363 g/mol. The lowest BCUT2D eigenvalue weighted by Crippen LogP contribution is -2.62. The molecule has 0 amide bonds. The van der Waals surface area contributed by atoms with Gasteiger partial charge in [0, 0.05) is 44.1 Å². The fourth-order valence-electron chi connectivity index (χ4n) is 5.35. The van der Waals surface area contributed by atoms with E-state index < -0.39 is 10.0 Å². The van der Waals surface area contributed by atoms with Gasteiger partial charge in [-0.1, -0.05) is 19.8 Å². The molecule has 0 aromatic carbocycles. The lowest BCUT2D eigenvalue weighted by atomic mass is 9.75. The van der Waals surface area contributed by atoms with Gasteiger partial charge in [-0.25, -0.2) is 8.42 Å². The highest BCUT2D eigenvalue weighted by atomic mass is 32.2. The first-order valence-corrected chi connectivity index (χ1v) is 11.2. The number of nitrogens with zero attached hydrogens (tertiary/aromatic N) is 3. The molecule has 2 bridgehead atoms. The lowest BCUT2D eigenvalue weighted by Gasteiger charge is -2.55. The lowest BCUT2D eigenvalue weighted by molar-refractivity contribution is -0.0426. The highest BCUT2D eigenvalue weighted by Crippen LogP contribution is 2.41. The molecule has 0 aliphatic carbocycles. The maximum Gasteiger partial charge on any atom is 0.244 e. The van der Waals surface area contributed by atoms with Crippen LogP contribution in [0.1, 0.15) is 45.4 Å². The Kier molecular flexibility index (Phi) is 4.86. The Morgan fingerprint density at radius 2 is 2.12 bits per heavy atom. The van der Waals surface area contributed by atoms with E-state index in [4.69, 9.17) is 0 Å². The maximum absolute atomic E-state index is 13.0. The second-order valence-electron chi connectivity index (χ2n) is 8.01. The van der Waals surface area contributed by atoms with Gasteiger partial charge < -0.3 is 0 Å². The SMILES string of the molecule is CCC[C@H]1CCC[C@H]2[C@@H]3C[C@H](CN12)CN(S(=O)(=O)c1cccnc1)C3. The predicted octanol–water partition coefficient (Wildman–Crippen LogP) is 2.75. The normalized spacial score (nSPS) is 33.8. The molecule has 4 rings (SSSR count). The Morgan fingerprint density at radius 3 is 2.88 bits per heavy atom. The van der Waals surface area contributed by atoms with Crippen molar-refractivity contribution in [3.05, 3.63) is 24.5 Å². The average molecular weight is 364 g/mol. The molecule has 0 saturated carbocycles. The highest BCUT2D eigenvalue weighted by Gasteiger charge is 2.46. The molecule has 25 heavy (non-hydrogen) atoms. The Bertz CT molecular complexity index is 692. The average Bonchev–Trinajstić information content (AvgIpc) is 2.63. The van der Waals surface area contributed by atoms with Crippen LogP contribution in [0.25, 0.3) is 0 Å². The van der Waals surface area contributed by atoms with Crippen LogP contribution in [0, 0.1) is 11.8 Å².